The highest BCUT2D eigenvalue weighted by atomic mass is 16.6. The van der Waals surface area contributed by atoms with Crippen LogP contribution in [0.5, 0.6) is 0 Å². The second-order valence-corrected chi connectivity index (χ2v) is 4.25. The first kappa shape index (κ1) is 12.6. The van der Waals surface area contributed by atoms with Gasteiger partial charge in [0.15, 0.2) is 0 Å². The van der Waals surface area contributed by atoms with Crippen molar-refractivity contribution in [1.82, 2.24) is 4.98 Å². The van der Waals surface area contributed by atoms with E-state index in [1.54, 1.807) is 7.11 Å². The number of nitro groups is 1. The van der Waals surface area contributed by atoms with E-state index in [0.717, 1.165) is 12.8 Å². The van der Waals surface area contributed by atoms with Crippen LogP contribution in [0.4, 0.5) is 17.3 Å². The lowest BCUT2D eigenvalue weighted by Gasteiger charge is -2.22. The van der Waals surface area contributed by atoms with E-state index in [-0.39, 0.29) is 5.69 Å². The third-order valence-corrected chi connectivity index (χ3v) is 2.87. The van der Waals surface area contributed by atoms with Crippen LogP contribution in [0.1, 0.15) is 12.8 Å². The zero-order chi connectivity index (χ0) is 13.1. The van der Waals surface area contributed by atoms with Crippen LogP contribution in [0.25, 0.3) is 0 Å². The molecular weight excluding hydrogens is 236 g/mol. The number of pyridine rings is 1. The van der Waals surface area contributed by atoms with Gasteiger partial charge in [-0.05, 0) is 18.9 Å². The smallest absolute Gasteiger partial charge is 0.311 e. The summed E-state index contributed by atoms with van der Waals surface area (Å²) < 4.78 is 5.03. The number of nitrogens with two attached hydrogens (primary N) is 1. The van der Waals surface area contributed by atoms with E-state index < -0.39 is 4.92 Å². The maximum atomic E-state index is 11.0. The minimum Gasteiger partial charge on any atom is -0.384 e. The minimum absolute atomic E-state index is 0.00722. The van der Waals surface area contributed by atoms with Crippen molar-refractivity contribution in [3.05, 3.63) is 22.2 Å². The van der Waals surface area contributed by atoms with E-state index in [9.17, 15) is 10.1 Å². The molecule has 0 saturated heterocycles. The first-order valence-corrected chi connectivity index (χ1v) is 5.80. The van der Waals surface area contributed by atoms with Gasteiger partial charge in [-0.1, -0.05) is 0 Å². The number of hydrogen-bond donors (Lipinski definition) is 1. The summed E-state index contributed by atoms with van der Waals surface area (Å²) in [7, 11) is 1.60. The fraction of sp³-hybridized carbons (Fsp3) is 0.545. The number of hydrogen-bond acceptors (Lipinski definition) is 6. The number of nitrogen functional groups attached to an aromatic ring is 1. The zero-order valence-corrected chi connectivity index (χ0v) is 10.2. The molecule has 1 aliphatic rings. The number of nitrogens with zero attached hydrogens (tertiary/aromatic N) is 3. The van der Waals surface area contributed by atoms with E-state index >= 15 is 0 Å². The Morgan fingerprint density at radius 2 is 2.33 bits per heavy atom. The summed E-state index contributed by atoms with van der Waals surface area (Å²) in [4.78, 5) is 16.6. The van der Waals surface area contributed by atoms with Gasteiger partial charge in [0.2, 0.25) is 5.82 Å². The molecule has 0 unspecified atom stereocenters. The second-order valence-electron chi connectivity index (χ2n) is 4.25. The Balaban J connectivity index is 2.32. The van der Waals surface area contributed by atoms with Gasteiger partial charge in [0.05, 0.1) is 11.5 Å². The van der Waals surface area contributed by atoms with Crippen LogP contribution in [0, 0.1) is 10.1 Å². The van der Waals surface area contributed by atoms with Gasteiger partial charge in [0.25, 0.3) is 0 Å². The highest BCUT2D eigenvalue weighted by molar-refractivity contribution is 5.62. The molecule has 1 aromatic heterocycles. The van der Waals surface area contributed by atoms with E-state index in [2.05, 4.69) is 4.98 Å². The monoisotopic (exact) mass is 252 g/mol. The van der Waals surface area contributed by atoms with Crippen molar-refractivity contribution in [2.24, 2.45) is 0 Å². The number of anilines is 2. The van der Waals surface area contributed by atoms with Crippen molar-refractivity contribution in [2.75, 3.05) is 30.9 Å². The Labute approximate surface area is 105 Å². The third kappa shape index (κ3) is 2.67. The number of rotatable bonds is 6. The van der Waals surface area contributed by atoms with Gasteiger partial charge in [-0.3, -0.25) is 10.1 Å². The first-order valence-electron chi connectivity index (χ1n) is 5.80. The van der Waals surface area contributed by atoms with Crippen molar-refractivity contribution in [2.45, 2.75) is 18.9 Å². The third-order valence-electron chi connectivity index (χ3n) is 2.87. The van der Waals surface area contributed by atoms with Gasteiger partial charge in [-0.2, -0.15) is 0 Å². The predicted molar refractivity (Wildman–Crippen MR) is 67.5 cm³/mol. The van der Waals surface area contributed by atoms with Crippen LogP contribution in [0.3, 0.4) is 0 Å². The van der Waals surface area contributed by atoms with Gasteiger partial charge >= 0.3 is 5.69 Å². The van der Waals surface area contributed by atoms with Crippen molar-refractivity contribution in [1.29, 1.82) is 0 Å². The molecule has 0 radical (unpaired) electrons. The topological polar surface area (TPSA) is 94.5 Å². The molecular formula is C11H16N4O3. The molecule has 1 aliphatic carbocycles. The van der Waals surface area contributed by atoms with Crippen LogP contribution in [0.15, 0.2) is 12.1 Å². The lowest BCUT2D eigenvalue weighted by Crippen LogP contribution is -2.31. The summed E-state index contributed by atoms with van der Waals surface area (Å²) >= 11 is 0. The number of methoxy groups -OCH3 is 1. The maximum Gasteiger partial charge on any atom is 0.311 e. The highest BCUT2D eigenvalue weighted by Crippen LogP contribution is 2.35. The molecule has 1 fully saturated rings. The molecule has 7 heteroatoms. The van der Waals surface area contributed by atoms with Crippen molar-refractivity contribution in [3.8, 4) is 0 Å². The summed E-state index contributed by atoms with van der Waals surface area (Å²) in [5.74, 6) is 0.637. The average molecular weight is 252 g/mol. The van der Waals surface area contributed by atoms with Gasteiger partial charge in [0, 0.05) is 25.8 Å². The first-order chi connectivity index (χ1) is 8.63. The van der Waals surface area contributed by atoms with Crippen LogP contribution in [0.2, 0.25) is 0 Å². The molecule has 2 rings (SSSR count). The Morgan fingerprint density at radius 3 is 2.89 bits per heavy atom. The van der Waals surface area contributed by atoms with Gasteiger partial charge in [-0.15, -0.1) is 0 Å². The SMILES string of the molecule is COCCN(c1nc(N)ccc1[N+](=O)[O-])C1CC1. The molecule has 0 aliphatic heterocycles. The fourth-order valence-corrected chi connectivity index (χ4v) is 1.85. The Kier molecular flexibility index (Phi) is 3.61. The van der Waals surface area contributed by atoms with Crippen molar-refractivity contribution in [3.63, 3.8) is 0 Å². The summed E-state index contributed by atoms with van der Waals surface area (Å²) in [5.41, 5.74) is 5.62. The van der Waals surface area contributed by atoms with Gasteiger partial charge < -0.3 is 15.4 Å². The quantitative estimate of drug-likeness (QED) is 0.603. The summed E-state index contributed by atoms with van der Waals surface area (Å²) in [6.07, 6.45) is 2.05. The average Bonchev–Trinajstić information content (AvgIpc) is 3.13. The van der Waals surface area contributed by atoms with E-state index in [4.69, 9.17) is 10.5 Å². The van der Waals surface area contributed by atoms with Crippen LogP contribution in [-0.4, -0.2) is 36.2 Å². The van der Waals surface area contributed by atoms with Gasteiger partial charge in [0.1, 0.15) is 5.82 Å². The summed E-state index contributed by atoms with van der Waals surface area (Å²) in [6, 6.07) is 3.16. The van der Waals surface area contributed by atoms with Crippen LogP contribution >= 0.6 is 0 Å². The van der Waals surface area contributed by atoms with Crippen LogP contribution in [-0.2, 0) is 4.74 Å². The summed E-state index contributed by atoms with van der Waals surface area (Å²) in [5, 5.41) is 11.0. The molecule has 1 heterocycles. The molecule has 0 aromatic carbocycles. The molecule has 0 atom stereocenters. The second kappa shape index (κ2) is 5.18. The lowest BCUT2D eigenvalue weighted by molar-refractivity contribution is -0.384. The fourth-order valence-electron chi connectivity index (χ4n) is 1.85. The van der Waals surface area contributed by atoms with E-state index in [1.165, 1.54) is 12.1 Å². The highest BCUT2D eigenvalue weighted by Gasteiger charge is 2.33. The standard InChI is InChI=1S/C11H16N4O3/c1-18-7-6-14(8-2-3-8)11-9(15(16)17)4-5-10(12)13-11/h4-5,8H,2-3,6-7H2,1H3,(H2,12,13). The summed E-state index contributed by atoms with van der Waals surface area (Å²) in [6.45, 7) is 1.09. The van der Waals surface area contributed by atoms with Gasteiger partial charge in [-0.25, -0.2) is 4.98 Å². The van der Waals surface area contributed by atoms with Crippen molar-refractivity contribution < 1.29 is 9.66 Å². The normalized spacial score (nSPS) is 14.5. The Morgan fingerprint density at radius 1 is 1.61 bits per heavy atom. The van der Waals surface area contributed by atoms with Crippen molar-refractivity contribution >= 4 is 17.3 Å². The minimum atomic E-state index is -0.427. The molecule has 1 aromatic rings. The van der Waals surface area contributed by atoms with E-state index in [0.29, 0.717) is 30.8 Å². The molecule has 98 valence electrons. The van der Waals surface area contributed by atoms with E-state index in [1.807, 2.05) is 4.90 Å². The lowest BCUT2D eigenvalue weighted by atomic mass is 10.3. The molecule has 7 nitrogen and oxygen atoms in total. The number of aromatic nitrogens is 1. The van der Waals surface area contributed by atoms with Crippen LogP contribution < -0.4 is 10.6 Å². The molecule has 2 N–H and O–H groups in total. The molecule has 0 spiro atoms. The zero-order valence-electron chi connectivity index (χ0n) is 10.2. The molecule has 18 heavy (non-hydrogen) atoms. The molecule has 0 amide bonds. The number of ether oxygens (including phenoxy) is 1. The Bertz CT molecular complexity index is 448. The predicted octanol–water partition coefficient (Wildman–Crippen LogP) is 1.19. The largest absolute Gasteiger partial charge is 0.384 e. The maximum absolute atomic E-state index is 11.0. The molecule has 0 bridgehead atoms. The Hall–Kier alpha value is -1.89. The molecule has 1 saturated carbocycles.